The first-order valence-corrected chi connectivity index (χ1v) is 6.61. The van der Waals surface area contributed by atoms with E-state index in [1.54, 1.807) is 6.07 Å². The summed E-state index contributed by atoms with van der Waals surface area (Å²) in [6, 6.07) is 8.53. The molecule has 2 aromatic heterocycles. The summed E-state index contributed by atoms with van der Waals surface area (Å²) in [6.45, 7) is 0. The van der Waals surface area contributed by atoms with E-state index in [-0.39, 0.29) is 17.1 Å². The normalized spacial score (nSPS) is 10.7. The minimum atomic E-state index is -1.21. The number of carboxylic acids is 1. The molecule has 0 amide bonds. The lowest BCUT2D eigenvalue weighted by Gasteiger charge is -2.04. The summed E-state index contributed by atoms with van der Waals surface area (Å²) in [4.78, 5) is 27.1. The van der Waals surface area contributed by atoms with Crippen LogP contribution in [0.1, 0.15) is 20.8 Å². The Balaban J connectivity index is 2.31. The fourth-order valence-corrected chi connectivity index (χ4v) is 2.31. The molecule has 1 aromatic carbocycles. The molecule has 23 heavy (non-hydrogen) atoms. The number of aromatic carboxylic acids is 1. The highest BCUT2D eigenvalue weighted by Crippen LogP contribution is 2.24. The molecule has 0 saturated carbocycles. The van der Waals surface area contributed by atoms with Crippen LogP contribution in [0.2, 0.25) is 0 Å². The summed E-state index contributed by atoms with van der Waals surface area (Å²) in [5.41, 5.74) is 0.742. The van der Waals surface area contributed by atoms with Gasteiger partial charge in [0, 0.05) is 11.8 Å². The number of imidazole rings is 1. The molecule has 0 spiro atoms. The molecule has 1 N–H and O–H groups in total. The highest BCUT2D eigenvalue weighted by molar-refractivity contribution is 5.96. The number of rotatable bonds is 3. The third-order valence-corrected chi connectivity index (χ3v) is 3.34. The van der Waals surface area contributed by atoms with E-state index < -0.39 is 17.8 Å². The zero-order chi connectivity index (χ0) is 16.6. The topological polar surface area (TPSA) is 80.9 Å². The highest BCUT2D eigenvalue weighted by Gasteiger charge is 2.19. The van der Waals surface area contributed by atoms with E-state index in [4.69, 9.17) is 0 Å². The van der Waals surface area contributed by atoms with Crippen LogP contribution in [0.4, 0.5) is 4.39 Å². The van der Waals surface area contributed by atoms with Gasteiger partial charge in [0.15, 0.2) is 5.69 Å². The van der Waals surface area contributed by atoms with Gasteiger partial charge in [0.1, 0.15) is 11.6 Å². The molecule has 0 atom stereocenters. The Morgan fingerprint density at radius 1 is 1.26 bits per heavy atom. The summed E-state index contributed by atoms with van der Waals surface area (Å²) in [5.74, 6) is -2.03. The highest BCUT2D eigenvalue weighted by atomic mass is 19.1. The van der Waals surface area contributed by atoms with Crippen molar-refractivity contribution < 1.29 is 23.8 Å². The lowest BCUT2D eigenvalue weighted by molar-refractivity contribution is 0.0599. The number of carbonyl (C=O) groups excluding carboxylic acids is 1. The van der Waals surface area contributed by atoms with Crippen LogP contribution in [0.25, 0.3) is 16.9 Å². The lowest BCUT2D eigenvalue weighted by Crippen LogP contribution is -2.03. The summed E-state index contributed by atoms with van der Waals surface area (Å²) >= 11 is 0. The second kappa shape index (κ2) is 5.53. The quantitative estimate of drug-likeness (QED) is 0.752. The van der Waals surface area contributed by atoms with Gasteiger partial charge in [-0.25, -0.2) is 19.0 Å². The first-order chi connectivity index (χ1) is 11.0. The number of benzene rings is 1. The molecule has 6 nitrogen and oxygen atoms in total. The van der Waals surface area contributed by atoms with Gasteiger partial charge >= 0.3 is 11.9 Å². The van der Waals surface area contributed by atoms with Crippen molar-refractivity contribution in [3.8, 4) is 11.4 Å². The van der Waals surface area contributed by atoms with Gasteiger partial charge in [0.05, 0.1) is 18.2 Å². The molecular formula is C16H11FN2O4. The first-order valence-electron chi connectivity index (χ1n) is 6.61. The van der Waals surface area contributed by atoms with Crippen molar-refractivity contribution >= 4 is 17.5 Å². The van der Waals surface area contributed by atoms with E-state index in [2.05, 4.69) is 9.72 Å². The molecule has 116 valence electrons. The van der Waals surface area contributed by atoms with Gasteiger partial charge in [-0.05, 0) is 24.3 Å². The molecule has 0 aliphatic rings. The van der Waals surface area contributed by atoms with Gasteiger partial charge in [-0.3, -0.25) is 4.40 Å². The minimum Gasteiger partial charge on any atom is -0.476 e. The number of methoxy groups -OCH3 is 1. The predicted octanol–water partition coefficient (Wildman–Crippen LogP) is 2.63. The minimum absolute atomic E-state index is 0.180. The number of halogens is 1. The number of hydrogen-bond acceptors (Lipinski definition) is 4. The van der Waals surface area contributed by atoms with Gasteiger partial charge in [-0.1, -0.05) is 12.1 Å². The Labute approximate surface area is 129 Å². The molecular weight excluding hydrogens is 303 g/mol. The largest absolute Gasteiger partial charge is 0.476 e. The number of ether oxygens (including phenoxy) is 1. The van der Waals surface area contributed by atoms with Crippen molar-refractivity contribution in [3.63, 3.8) is 0 Å². The van der Waals surface area contributed by atoms with Crippen LogP contribution < -0.4 is 0 Å². The number of hydrogen-bond donors (Lipinski definition) is 1. The van der Waals surface area contributed by atoms with Crippen LogP contribution in [-0.2, 0) is 4.74 Å². The van der Waals surface area contributed by atoms with E-state index >= 15 is 0 Å². The van der Waals surface area contributed by atoms with Gasteiger partial charge in [0.25, 0.3) is 0 Å². The van der Waals surface area contributed by atoms with Crippen molar-refractivity contribution in [3.05, 3.63) is 59.7 Å². The van der Waals surface area contributed by atoms with Crippen LogP contribution in [0, 0.1) is 5.82 Å². The Hall–Kier alpha value is -3.22. The zero-order valence-corrected chi connectivity index (χ0v) is 12.0. The van der Waals surface area contributed by atoms with Crippen LogP contribution in [-0.4, -0.2) is 33.5 Å². The van der Waals surface area contributed by atoms with Crippen molar-refractivity contribution in [2.45, 2.75) is 0 Å². The van der Waals surface area contributed by atoms with E-state index in [1.807, 2.05) is 0 Å². The van der Waals surface area contributed by atoms with Gasteiger partial charge in [0.2, 0.25) is 0 Å². The third kappa shape index (κ3) is 2.52. The monoisotopic (exact) mass is 314 g/mol. The van der Waals surface area contributed by atoms with Gasteiger partial charge < -0.3 is 9.84 Å². The number of carbonyl (C=O) groups is 2. The molecule has 7 heteroatoms. The number of nitrogens with zero attached hydrogens (tertiary/aromatic N) is 2. The average Bonchev–Trinajstić information content (AvgIpc) is 2.93. The van der Waals surface area contributed by atoms with Crippen molar-refractivity contribution in [1.82, 2.24) is 9.38 Å². The number of aromatic nitrogens is 2. The number of carboxylic acid groups (broad SMARTS) is 1. The maximum atomic E-state index is 13.5. The lowest BCUT2D eigenvalue weighted by atomic mass is 10.2. The molecule has 0 fully saturated rings. The second-order valence-corrected chi connectivity index (χ2v) is 4.76. The SMILES string of the molecule is COC(=O)c1ccc2c(C(=O)O)nc(-c3cccc(F)c3)n2c1. The molecule has 0 saturated heterocycles. The summed E-state index contributed by atoms with van der Waals surface area (Å²) in [7, 11) is 1.25. The molecule has 2 heterocycles. The fraction of sp³-hybridized carbons (Fsp3) is 0.0625. The number of fused-ring (bicyclic) bond motifs is 1. The average molecular weight is 314 g/mol. The van der Waals surface area contributed by atoms with Crippen molar-refractivity contribution in [1.29, 1.82) is 0 Å². The second-order valence-electron chi connectivity index (χ2n) is 4.76. The van der Waals surface area contributed by atoms with Crippen LogP contribution in [0.3, 0.4) is 0 Å². The standard InChI is InChI=1S/C16H11FN2O4/c1-23-16(22)10-5-6-12-13(15(20)21)18-14(19(12)8-10)9-3-2-4-11(17)7-9/h2-8H,1H3,(H,20,21). The summed E-state index contributed by atoms with van der Waals surface area (Å²) in [6.07, 6.45) is 1.42. The summed E-state index contributed by atoms with van der Waals surface area (Å²) in [5, 5.41) is 9.28. The van der Waals surface area contributed by atoms with Crippen LogP contribution in [0.15, 0.2) is 42.6 Å². The van der Waals surface area contributed by atoms with Gasteiger partial charge in [-0.2, -0.15) is 0 Å². The first kappa shape index (κ1) is 14.7. The molecule has 0 radical (unpaired) electrons. The Bertz CT molecular complexity index is 933. The smallest absolute Gasteiger partial charge is 0.356 e. The number of esters is 1. The fourth-order valence-electron chi connectivity index (χ4n) is 2.31. The Morgan fingerprint density at radius 3 is 2.70 bits per heavy atom. The predicted molar refractivity (Wildman–Crippen MR) is 78.9 cm³/mol. The van der Waals surface area contributed by atoms with Crippen LogP contribution >= 0.6 is 0 Å². The third-order valence-electron chi connectivity index (χ3n) is 3.34. The Kier molecular flexibility index (Phi) is 3.53. The maximum absolute atomic E-state index is 13.5. The van der Waals surface area contributed by atoms with Gasteiger partial charge in [-0.15, -0.1) is 0 Å². The number of pyridine rings is 1. The molecule has 0 bridgehead atoms. The Morgan fingerprint density at radius 2 is 2.04 bits per heavy atom. The van der Waals surface area contributed by atoms with E-state index in [1.165, 1.54) is 48.0 Å². The van der Waals surface area contributed by atoms with Crippen LogP contribution in [0.5, 0.6) is 0 Å². The molecule has 0 unspecified atom stereocenters. The zero-order valence-electron chi connectivity index (χ0n) is 12.0. The molecule has 3 aromatic rings. The summed E-state index contributed by atoms with van der Waals surface area (Å²) < 4.78 is 19.5. The van der Waals surface area contributed by atoms with E-state index in [9.17, 15) is 19.1 Å². The molecule has 0 aliphatic carbocycles. The molecule has 0 aliphatic heterocycles. The van der Waals surface area contributed by atoms with Crippen molar-refractivity contribution in [2.75, 3.05) is 7.11 Å². The van der Waals surface area contributed by atoms with E-state index in [0.29, 0.717) is 11.1 Å². The molecule has 3 rings (SSSR count). The van der Waals surface area contributed by atoms with Crippen molar-refractivity contribution in [2.24, 2.45) is 0 Å². The maximum Gasteiger partial charge on any atom is 0.356 e. The van der Waals surface area contributed by atoms with E-state index in [0.717, 1.165) is 0 Å².